The Morgan fingerprint density at radius 3 is 2.37 bits per heavy atom. The van der Waals surface area contributed by atoms with Crippen LogP contribution in [0.3, 0.4) is 0 Å². The summed E-state index contributed by atoms with van der Waals surface area (Å²) in [6.45, 7) is 4.04. The van der Waals surface area contributed by atoms with E-state index in [1.54, 1.807) is 12.1 Å². The Morgan fingerprint density at radius 2 is 1.67 bits per heavy atom. The van der Waals surface area contributed by atoms with E-state index in [9.17, 15) is 0 Å². The fourth-order valence-electron chi connectivity index (χ4n) is 2.57. The molecule has 0 saturated carbocycles. The smallest absolute Gasteiger partial charge is 0.302 e. The SMILES string of the molecule is COc1cc(Nc2ncnc(Nc3cc(C)ccc3C)n2)cc([OH2+])c1OC. The number of hydrogen-bond acceptors (Lipinski definition) is 7. The topological polar surface area (TPSA) is 104 Å². The highest BCUT2D eigenvalue weighted by Gasteiger charge is 2.16. The van der Waals surface area contributed by atoms with Gasteiger partial charge in [0.25, 0.3) is 5.75 Å². The Kier molecular flexibility index (Phi) is 5.25. The van der Waals surface area contributed by atoms with E-state index in [0.29, 0.717) is 29.1 Å². The van der Waals surface area contributed by atoms with Crippen LogP contribution >= 0.6 is 0 Å². The van der Waals surface area contributed by atoms with Crippen molar-refractivity contribution in [2.24, 2.45) is 0 Å². The van der Waals surface area contributed by atoms with Crippen molar-refractivity contribution in [3.63, 3.8) is 0 Å². The summed E-state index contributed by atoms with van der Waals surface area (Å²) in [6.07, 6.45) is 1.42. The number of benzene rings is 2. The molecule has 27 heavy (non-hydrogen) atoms. The predicted octanol–water partition coefficient (Wildman–Crippen LogP) is 3.43. The Bertz CT molecular complexity index is 962. The van der Waals surface area contributed by atoms with Crippen molar-refractivity contribution in [2.45, 2.75) is 13.8 Å². The van der Waals surface area contributed by atoms with Gasteiger partial charge >= 0.3 is 5.75 Å². The number of ether oxygens (including phenoxy) is 2. The normalized spacial score (nSPS) is 10.4. The zero-order valence-electron chi connectivity index (χ0n) is 15.6. The summed E-state index contributed by atoms with van der Waals surface area (Å²) in [7, 11) is 3.02. The summed E-state index contributed by atoms with van der Waals surface area (Å²) < 4.78 is 10.5. The lowest BCUT2D eigenvalue weighted by molar-refractivity contribution is 0.333. The van der Waals surface area contributed by atoms with E-state index in [1.165, 1.54) is 20.5 Å². The van der Waals surface area contributed by atoms with Crippen LogP contribution < -0.4 is 20.1 Å². The lowest BCUT2D eigenvalue weighted by Gasteiger charge is -2.12. The van der Waals surface area contributed by atoms with Crippen LogP contribution in [0.2, 0.25) is 0 Å². The van der Waals surface area contributed by atoms with Crippen molar-refractivity contribution in [3.05, 3.63) is 47.8 Å². The molecular weight excluding hydrogens is 346 g/mol. The van der Waals surface area contributed by atoms with Gasteiger partial charge in [-0.05, 0) is 31.0 Å². The van der Waals surface area contributed by atoms with Gasteiger partial charge in [-0.2, -0.15) is 4.98 Å². The molecule has 0 unspecified atom stereocenters. The lowest BCUT2D eigenvalue weighted by Crippen LogP contribution is -2.04. The molecule has 0 amide bonds. The molecule has 3 aromatic rings. The molecule has 0 bridgehead atoms. The Morgan fingerprint density at radius 1 is 0.926 bits per heavy atom. The first-order chi connectivity index (χ1) is 13.0. The van der Waals surface area contributed by atoms with Gasteiger partial charge in [0.15, 0.2) is 5.75 Å². The second-order valence-corrected chi connectivity index (χ2v) is 5.96. The van der Waals surface area contributed by atoms with E-state index in [4.69, 9.17) is 14.6 Å². The molecule has 0 aliphatic heterocycles. The molecule has 8 heteroatoms. The maximum Gasteiger partial charge on any atom is 0.302 e. The standard InChI is InChI=1S/C19H21N5O3/c1-11-5-6-12(2)14(7-11)23-19-21-10-20-18(24-19)22-13-8-15(25)17(27-4)16(9-13)26-3/h5-10,25H,1-4H3,(H2,20,21,22,23,24)/p+1. The van der Waals surface area contributed by atoms with Gasteiger partial charge < -0.3 is 25.2 Å². The second-order valence-electron chi connectivity index (χ2n) is 5.96. The molecule has 0 aliphatic rings. The van der Waals surface area contributed by atoms with Gasteiger partial charge in [-0.3, -0.25) is 0 Å². The van der Waals surface area contributed by atoms with Crippen molar-refractivity contribution in [2.75, 3.05) is 24.9 Å². The minimum Gasteiger partial charge on any atom is -0.591 e. The van der Waals surface area contributed by atoms with Crippen molar-refractivity contribution >= 4 is 23.3 Å². The van der Waals surface area contributed by atoms with E-state index in [0.717, 1.165) is 16.8 Å². The highest BCUT2D eigenvalue weighted by molar-refractivity contribution is 5.66. The highest BCUT2D eigenvalue weighted by Crippen LogP contribution is 2.39. The molecule has 0 atom stereocenters. The molecule has 3 rings (SSSR count). The molecule has 0 spiro atoms. The molecule has 0 saturated heterocycles. The first-order valence-electron chi connectivity index (χ1n) is 8.28. The van der Waals surface area contributed by atoms with Crippen LogP contribution in [0.25, 0.3) is 0 Å². The molecule has 0 radical (unpaired) electrons. The van der Waals surface area contributed by atoms with Gasteiger partial charge in [0.05, 0.1) is 26.0 Å². The van der Waals surface area contributed by atoms with Crippen LogP contribution in [0.4, 0.5) is 23.3 Å². The fraction of sp³-hybridized carbons (Fsp3) is 0.211. The average molecular weight is 368 g/mol. The molecule has 0 fully saturated rings. The summed E-state index contributed by atoms with van der Waals surface area (Å²) in [6, 6.07) is 9.46. The number of nitrogens with zero attached hydrogens (tertiary/aromatic N) is 3. The van der Waals surface area contributed by atoms with E-state index in [2.05, 4.69) is 31.7 Å². The van der Waals surface area contributed by atoms with Gasteiger partial charge in [0.2, 0.25) is 11.9 Å². The first kappa shape index (κ1) is 18.2. The van der Waals surface area contributed by atoms with E-state index >= 15 is 0 Å². The number of hydrogen-bond donors (Lipinski definition) is 2. The average Bonchev–Trinajstić information content (AvgIpc) is 2.64. The minimum atomic E-state index is 0.196. The monoisotopic (exact) mass is 368 g/mol. The Hall–Kier alpha value is -3.55. The number of methoxy groups -OCH3 is 2. The quantitative estimate of drug-likeness (QED) is 0.642. The van der Waals surface area contributed by atoms with Gasteiger partial charge in [0, 0.05) is 11.8 Å². The third kappa shape index (κ3) is 4.17. The van der Waals surface area contributed by atoms with Crippen LogP contribution in [-0.2, 0) is 0 Å². The van der Waals surface area contributed by atoms with Crippen LogP contribution in [0.5, 0.6) is 17.2 Å². The number of aryl methyl sites for hydroxylation is 2. The molecule has 4 N–H and O–H groups in total. The number of rotatable bonds is 6. The predicted molar refractivity (Wildman–Crippen MR) is 105 cm³/mol. The maximum atomic E-state index is 8.05. The second kappa shape index (κ2) is 7.77. The number of nitrogens with one attached hydrogen (secondary N) is 2. The van der Waals surface area contributed by atoms with Crippen LogP contribution in [0.15, 0.2) is 36.7 Å². The van der Waals surface area contributed by atoms with Crippen LogP contribution in [0, 0.1) is 13.8 Å². The zero-order valence-corrected chi connectivity index (χ0v) is 15.6. The third-order valence-corrected chi connectivity index (χ3v) is 3.95. The van der Waals surface area contributed by atoms with E-state index in [-0.39, 0.29) is 5.75 Å². The van der Waals surface area contributed by atoms with E-state index in [1.807, 2.05) is 26.0 Å². The van der Waals surface area contributed by atoms with Crippen molar-refractivity contribution in [1.29, 1.82) is 0 Å². The molecule has 0 aliphatic carbocycles. The summed E-state index contributed by atoms with van der Waals surface area (Å²) in [5.74, 6) is 1.80. The first-order valence-corrected chi connectivity index (χ1v) is 8.28. The fourth-order valence-corrected chi connectivity index (χ4v) is 2.57. The third-order valence-electron chi connectivity index (χ3n) is 3.95. The molecule has 8 nitrogen and oxygen atoms in total. The number of anilines is 4. The lowest BCUT2D eigenvalue weighted by atomic mass is 10.1. The summed E-state index contributed by atoms with van der Waals surface area (Å²) in [5, 5.41) is 14.3. The van der Waals surface area contributed by atoms with Gasteiger partial charge in [0.1, 0.15) is 6.33 Å². The van der Waals surface area contributed by atoms with Crippen LogP contribution in [0.1, 0.15) is 11.1 Å². The molecule has 1 heterocycles. The van der Waals surface area contributed by atoms with E-state index < -0.39 is 0 Å². The molecular formula is C19H22N5O3+. The zero-order chi connectivity index (χ0) is 19.4. The summed E-state index contributed by atoms with van der Waals surface area (Å²) >= 11 is 0. The molecule has 140 valence electrons. The number of aromatic nitrogens is 3. The molecule has 2 aromatic carbocycles. The van der Waals surface area contributed by atoms with Crippen molar-refractivity contribution < 1.29 is 14.6 Å². The Balaban J connectivity index is 1.84. The largest absolute Gasteiger partial charge is 0.591 e. The van der Waals surface area contributed by atoms with Gasteiger partial charge in [-0.1, -0.05) is 12.1 Å². The highest BCUT2D eigenvalue weighted by atomic mass is 16.5. The maximum absolute atomic E-state index is 8.05. The van der Waals surface area contributed by atoms with Crippen LogP contribution in [-0.4, -0.2) is 34.3 Å². The van der Waals surface area contributed by atoms with Gasteiger partial charge in [-0.15, -0.1) is 0 Å². The Labute approximate surface area is 157 Å². The van der Waals surface area contributed by atoms with Crippen molar-refractivity contribution in [3.8, 4) is 17.2 Å². The minimum absolute atomic E-state index is 0.196. The summed E-state index contributed by atoms with van der Waals surface area (Å²) in [4.78, 5) is 12.7. The molecule has 1 aromatic heterocycles. The summed E-state index contributed by atoms with van der Waals surface area (Å²) in [5.41, 5.74) is 3.78. The van der Waals surface area contributed by atoms with Crippen molar-refractivity contribution in [1.82, 2.24) is 15.0 Å². The van der Waals surface area contributed by atoms with Gasteiger partial charge in [-0.25, -0.2) is 9.97 Å².